The fraction of sp³-hybridized carbons (Fsp3) is 0.562. The molecule has 1 saturated carbocycles. The molecule has 6 heteroatoms. The van der Waals surface area contributed by atoms with Crippen LogP contribution in [0.5, 0.6) is 0 Å². The molecule has 0 unspecified atom stereocenters. The second-order valence-corrected chi connectivity index (χ2v) is 7.47. The zero-order chi connectivity index (χ0) is 16.8. The summed E-state index contributed by atoms with van der Waals surface area (Å²) in [5.74, 6) is -3.46. The number of alkyl halides is 2. The fourth-order valence-electron chi connectivity index (χ4n) is 2.61. The summed E-state index contributed by atoms with van der Waals surface area (Å²) in [4.78, 5) is 12.5. The van der Waals surface area contributed by atoms with Crippen molar-refractivity contribution in [2.75, 3.05) is 0 Å². The smallest absolute Gasteiger partial charge is 0.331 e. The van der Waals surface area contributed by atoms with E-state index in [2.05, 4.69) is 15.9 Å². The lowest BCUT2D eigenvalue weighted by molar-refractivity contribution is -0.156. The number of benzene rings is 1. The number of rotatable bonds is 5. The average molecular weight is 376 g/mol. The minimum atomic E-state index is -2.79. The molecule has 0 saturated heterocycles. The van der Waals surface area contributed by atoms with Gasteiger partial charge in [-0.2, -0.15) is 0 Å². The van der Waals surface area contributed by atoms with Gasteiger partial charge in [-0.25, -0.2) is 13.6 Å². The normalized spacial score (nSPS) is 25.6. The van der Waals surface area contributed by atoms with Crippen molar-refractivity contribution < 1.29 is 18.3 Å². The van der Waals surface area contributed by atoms with Crippen molar-refractivity contribution in [3.8, 4) is 0 Å². The molecule has 0 aromatic heterocycles. The molecule has 2 N–H and O–H groups in total. The molecule has 1 fully saturated rings. The van der Waals surface area contributed by atoms with E-state index < -0.39 is 22.8 Å². The van der Waals surface area contributed by atoms with Crippen LogP contribution in [-0.2, 0) is 15.1 Å². The molecule has 0 amide bonds. The third-order valence-electron chi connectivity index (χ3n) is 4.11. The number of hydrogen-bond donors (Lipinski definition) is 1. The monoisotopic (exact) mass is 375 g/mol. The molecule has 1 aliphatic carbocycles. The lowest BCUT2D eigenvalue weighted by atomic mass is 9.81. The Bertz CT molecular complexity index is 576. The maximum atomic E-state index is 13.6. The zero-order valence-corrected chi connectivity index (χ0v) is 14.4. The molecule has 1 aromatic carbocycles. The number of ether oxygens (including phenoxy) is 1. The van der Waals surface area contributed by atoms with E-state index in [0.717, 1.165) is 4.47 Å². The molecule has 0 aliphatic heterocycles. The van der Waals surface area contributed by atoms with Gasteiger partial charge in [0.2, 0.25) is 0 Å². The third kappa shape index (κ3) is 3.18. The predicted molar refractivity (Wildman–Crippen MR) is 83.5 cm³/mol. The molecule has 22 heavy (non-hydrogen) atoms. The number of nitrogens with two attached hydrogens (primary N) is 1. The Hall–Kier alpha value is -1.01. The summed E-state index contributed by atoms with van der Waals surface area (Å²) in [6.07, 6.45) is -0.775. The van der Waals surface area contributed by atoms with Crippen LogP contribution >= 0.6 is 15.9 Å². The van der Waals surface area contributed by atoms with Gasteiger partial charge >= 0.3 is 5.97 Å². The second-order valence-electron chi connectivity index (χ2n) is 6.55. The Balaban J connectivity index is 2.36. The number of esters is 1. The molecule has 122 valence electrons. The number of halogens is 3. The van der Waals surface area contributed by atoms with Crippen LogP contribution in [0.4, 0.5) is 8.78 Å². The fourth-order valence-corrected chi connectivity index (χ4v) is 2.88. The number of carbonyl (C=O) groups excluding carboxylic acids is 1. The first-order valence-corrected chi connectivity index (χ1v) is 7.93. The standard InChI is InChI=1S/C16H20BrF2NO2/c1-10(2)22-13(21)15(20,8-14(3)9-16(14,18)19)11-4-6-12(17)7-5-11/h4-7,10H,8-9,20H2,1-3H3/t14-,15+/m0/s1. The van der Waals surface area contributed by atoms with Crippen molar-refractivity contribution in [1.29, 1.82) is 0 Å². The van der Waals surface area contributed by atoms with E-state index in [1.165, 1.54) is 6.92 Å². The summed E-state index contributed by atoms with van der Waals surface area (Å²) in [5.41, 5.74) is 3.91. The van der Waals surface area contributed by atoms with Crippen molar-refractivity contribution in [2.24, 2.45) is 11.1 Å². The highest BCUT2D eigenvalue weighted by molar-refractivity contribution is 9.10. The van der Waals surface area contributed by atoms with Crippen LogP contribution in [0.2, 0.25) is 0 Å². The van der Waals surface area contributed by atoms with E-state index in [1.54, 1.807) is 38.1 Å². The van der Waals surface area contributed by atoms with Crippen LogP contribution in [0.15, 0.2) is 28.7 Å². The molecular weight excluding hydrogens is 356 g/mol. The molecule has 0 heterocycles. The molecule has 2 atom stereocenters. The second kappa shape index (κ2) is 5.57. The van der Waals surface area contributed by atoms with E-state index in [0.29, 0.717) is 5.56 Å². The highest BCUT2D eigenvalue weighted by atomic mass is 79.9. The van der Waals surface area contributed by atoms with Crippen LogP contribution < -0.4 is 5.73 Å². The predicted octanol–water partition coefficient (Wildman–Crippen LogP) is 3.99. The average Bonchev–Trinajstić information content (AvgIpc) is 2.86. The first kappa shape index (κ1) is 17.3. The van der Waals surface area contributed by atoms with E-state index in [9.17, 15) is 13.6 Å². The number of carbonyl (C=O) groups is 1. The summed E-state index contributed by atoms with van der Waals surface area (Å²) in [7, 11) is 0. The van der Waals surface area contributed by atoms with Crippen molar-refractivity contribution >= 4 is 21.9 Å². The van der Waals surface area contributed by atoms with E-state index in [1.807, 2.05) is 0 Å². The van der Waals surface area contributed by atoms with Gasteiger partial charge < -0.3 is 10.5 Å². The minimum Gasteiger partial charge on any atom is -0.461 e. The van der Waals surface area contributed by atoms with Crippen molar-refractivity contribution in [3.63, 3.8) is 0 Å². The highest BCUT2D eigenvalue weighted by Gasteiger charge is 2.70. The zero-order valence-electron chi connectivity index (χ0n) is 12.8. The molecule has 0 radical (unpaired) electrons. The first-order valence-electron chi connectivity index (χ1n) is 7.14. The quantitative estimate of drug-likeness (QED) is 0.791. The van der Waals surface area contributed by atoms with E-state index in [-0.39, 0.29) is 18.9 Å². The van der Waals surface area contributed by atoms with Gasteiger partial charge in [-0.15, -0.1) is 0 Å². The van der Waals surface area contributed by atoms with Crippen LogP contribution in [0.3, 0.4) is 0 Å². The van der Waals surface area contributed by atoms with E-state index in [4.69, 9.17) is 10.5 Å². The third-order valence-corrected chi connectivity index (χ3v) is 4.63. The van der Waals surface area contributed by atoms with Gasteiger partial charge in [-0.3, -0.25) is 0 Å². The largest absolute Gasteiger partial charge is 0.461 e. The minimum absolute atomic E-state index is 0.153. The lowest BCUT2D eigenvalue weighted by Crippen LogP contribution is -2.49. The summed E-state index contributed by atoms with van der Waals surface area (Å²) >= 11 is 3.30. The molecule has 0 bridgehead atoms. The topological polar surface area (TPSA) is 52.3 Å². The van der Waals surface area contributed by atoms with E-state index >= 15 is 0 Å². The first-order chi connectivity index (χ1) is 10.0. The summed E-state index contributed by atoms with van der Waals surface area (Å²) in [6.45, 7) is 4.86. The van der Waals surface area contributed by atoms with Gasteiger partial charge in [0.15, 0.2) is 0 Å². The van der Waals surface area contributed by atoms with Gasteiger partial charge in [0, 0.05) is 16.3 Å². The number of hydrogen-bond acceptors (Lipinski definition) is 3. The van der Waals surface area contributed by atoms with Crippen molar-refractivity contribution in [2.45, 2.75) is 51.2 Å². The van der Waals surface area contributed by atoms with Gasteiger partial charge in [0.05, 0.1) is 6.10 Å². The highest BCUT2D eigenvalue weighted by Crippen LogP contribution is 2.64. The maximum absolute atomic E-state index is 13.6. The van der Waals surface area contributed by atoms with Crippen LogP contribution in [0, 0.1) is 5.41 Å². The molecule has 1 aliphatic rings. The molecule has 0 spiro atoms. The van der Waals surface area contributed by atoms with Gasteiger partial charge in [-0.05, 0) is 38.0 Å². The lowest BCUT2D eigenvalue weighted by Gasteiger charge is -2.31. The Morgan fingerprint density at radius 1 is 1.41 bits per heavy atom. The van der Waals surface area contributed by atoms with Gasteiger partial charge in [0.25, 0.3) is 5.92 Å². The molecule has 3 nitrogen and oxygen atoms in total. The summed E-state index contributed by atoms with van der Waals surface area (Å²) in [5, 5.41) is 0. The Kier molecular flexibility index (Phi) is 4.39. The molecular formula is C16H20BrF2NO2. The maximum Gasteiger partial charge on any atom is 0.331 e. The van der Waals surface area contributed by atoms with Crippen LogP contribution in [0.1, 0.15) is 39.2 Å². The van der Waals surface area contributed by atoms with Crippen molar-refractivity contribution in [3.05, 3.63) is 34.3 Å². The molecule has 2 rings (SSSR count). The summed E-state index contributed by atoms with van der Waals surface area (Å²) < 4.78 is 33.2. The SMILES string of the molecule is CC(C)OC(=O)[C@@](N)(C[C@@]1(C)CC1(F)F)c1ccc(Br)cc1. The Morgan fingerprint density at radius 3 is 2.32 bits per heavy atom. The van der Waals surface area contributed by atoms with Gasteiger partial charge in [-0.1, -0.05) is 35.0 Å². The Morgan fingerprint density at radius 2 is 1.91 bits per heavy atom. The summed E-state index contributed by atoms with van der Waals surface area (Å²) in [6, 6.07) is 6.78. The van der Waals surface area contributed by atoms with Gasteiger partial charge in [0.1, 0.15) is 5.54 Å². The Labute approximate surface area is 137 Å². The van der Waals surface area contributed by atoms with Crippen molar-refractivity contribution in [1.82, 2.24) is 0 Å². The molecule has 1 aromatic rings. The van der Waals surface area contributed by atoms with Crippen LogP contribution in [-0.4, -0.2) is 18.0 Å². The van der Waals surface area contributed by atoms with Crippen LogP contribution in [0.25, 0.3) is 0 Å².